The standard InChI is InChI=1S/C23H22/c1-15-11-13-20(19-9-5-4-8-18(15)19)21-14-12-17(3)23-16(2)7-6-10-22(21)23/h4-6,8-14,16H,7H2,1-3H3. The molecule has 0 aliphatic heterocycles. The number of hydrogen-bond acceptors (Lipinski definition) is 0. The Bertz CT molecular complexity index is 928. The maximum absolute atomic E-state index is 2.34. The first-order chi connectivity index (χ1) is 11.2. The summed E-state index contributed by atoms with van der Waals surface area (Å²) < 4.78 is 0. The Balaban J connectivity index is 2.06. The summed E-state index contributed by atoms with van der Waals surface area (Å²) in [5.41, 5.74) is 8.41. The first-order valence-corrected chi connectivity index (χ1v) is 8.45. The van der Waals surface area contributed by atoms with E-state index in [1.165, 1.54) is 44.2 Å². The monoisotopic (exact) mass is 298 g/mol. The SMILES string of the molecule is Cc1ccc(-c2ccc(C)c3ccccc23)c2c1C(C)CC=C2. The summed E-state index contributed by atoms with van der Waals surface area (Å²) in [4.78, 5) is 0. The highest BCUT2D eigenvalue weighted by atomic mass is 14.2. The maximum atomic E-state index is 2.34. The maximum Gasteiger partial charge on any atom is -0.00991 e. The zero-order valence-corrected chi connectivity index (χ0v) is 14.1. The molecule has 0 nitrogen and oxygen atoms in total. The molecule has 23 heavy (non-hydrogen) atoms. The average Bonchev–Trinajstić information content (AvgIpc) is 2.57. The highest BCUT2D eigenvalue weighted by Gasteiger charge is 2.19. The van der Waals surface area contributed by atoms with E-state index in [2.05, 4.69) is 81.5 Å². The Morgan fingerprint density at radius 2 is 1.48 bits per heavy atom. The molecule has 0 heteroatoms. The molecule has 1 atom stereocenters. The molecule has 4 rings (SSSR count). The smallest absolute Gasteiger partial charge is 0.00991 e. The second kappa shape index (κ2) is 5.38. The minimum Gasteiger partial charge on any atom is -0.0833 e. The molecule has 114 valence electrons. The van der Waals surface area contributed by atoms with Gasteiger partial charge in [-0.15, -0.1) is 0 Å². The lowest BCUT2D eigenvalue weighted by atomic mass is 9.81. The van der Waals surface area contributed by atoms with Crippen LogP contribution in [0.15, 0.2) is 54.6 Å². The molecular weight excluding hydrogens is 276 g/mol. The Labute approximate surface area is 138 Å². The largest absolute Gasteiger partial charge is 0.0833 e. The van der Waals surface area contributed by atoms with Gasteiger partial charge in [-0.25, -0.2) is 0 Å². The number of benzene rings is 3. The molecule has 0 saturated heterocycles. The summed E-state index contributed by atoms with van der Waals surface area (Å²) in [6.45, 7) is 6.77. The predicted octanol–water partition coefficient (Wildman–Crippen LogP) is 6.64. The number of rotatable bonds is 1. The fourth-order valence-electron chi connectivity index (χ4n) is 4.01. The van der Waals surface area contributed by atoms with Crippen LogP contribution in [0.4, 0.5) is 0 Å². The Kier molecular flexibility index (Phi) is 3.34. The van der Waals surface area contributed by atoms with Gasteiger partial charge in [0.1, 0.15) is 0 Å². The Morgan fingerprint density at radius 3 is 2.30 bits per heavy atom. The van der Waals surface area contributed by atoms with Gasteiger partial charge in [-0.2, -0.15) is 0 Å². The molecule has 1 unspecified atom stereocenters. The van der Waals surface area contributed by atoms with Gasteiger partial charge in [-0.3, -0.25) is 0 Å². The van der Waals surface area contributed by atoms with Gasteiger partial charge in [0.15, 0.2) is 0 Å². The van der Waals surface area contributed by atoms with E-state index in [9.17, 15) is 0 Å². The van der Waals surface area contributed by atoms with E-state index in [4.69, 9.17) is 0 Å². The normalized spacial score (nSPS) is 16.6. The van der Waals surface area contributed by atoms with Crippen LogP contribution in [0.3, 0.4) is 0 Å². The molecule has 0 heterocycles. The highest BCUT2D eigenvalue weighted by molar-refractivity contribution is 6.00. The predicted molar refractivity (Wildman–Crippen MR) is 101 cm³/mol. The molecule has 0 spiro atoms. The van der Waals surface area contributed by atoms with Gasteiger partial charge in [-0.1, -0.05) is 67.6 Å². The fourth-order valence-corrected chi connectivity index (χ4v) is 4.01. The van der Waals surface area contributed by atoms with Gasteiger partial charge in [0.05, 0.1) is 0 Å². The first-order valence-electron chi connectivity index (χ1n) is 8.45. The van der Waals surface area contributed by atoms with Crippen molar-refractivity contribution in [2.24, 2.45) is 0 Å². The Morgan fingerprint density at radius 1 is 0.783 bits per heavy atom. The van der Waals surface area contributed by atoms with E-state index in [-0.39, 0.29) is 0 Å². The summed E-state index contributed by atoms with van der Waals surface area (Å²) >= 11 is 0. The molecule has 1 aliphatic carbocycles. The van der Waals surface area contributed by atoms with Crippen LogP contribution in [0.2, 0.25) is 0 Å². The lowest BCUT2D eigenvalue weighted by molar-refractivity contribution is 0.765. The van der Waals surface area contributed by atoms with Crippen LogP contribution in [0.5, 0.6) is 0 Å². The second-order valence-corrected chi connectivity index (χ2v) is 6.77. The minimum atomic E-state index is 0.603. The third-order valence-corrected chi connectivity index (χ3v) is 5.20. The van der Waals surface area contributed by atoms with E-state index in [0.29, 0.717) is 5.92 Å². The lowest BCUT2D eigenvalue weighted by Crippen LogP contribution is -2.04. The average molecular weight is 298 g/mol. The zero-order valence-electron chi connectivity index (χ0n) is 14.1. The molecule has 0 saturated carbocycles. The van der Waals surface area contributed by atoms with Crippen molar-refractivity contribution in [3.63, 3.8) is 0 Å². The van der Waals surface area contributed by atoms with Crippen molar-refractivity contribution < 1.29 is 0 Å². The molecule has 0 aromatic heterocycles. The summed E-state index contributed by atoms with van der Waals surface area (Å²) in [5, 5.41) is 2.71. The van der Waals surface area contributed by atoms with E-state index in [1.807, 2.05) is 0 Å². The van der Waals surface area contributed by atoms with Gasteiger partial charge in [-0.05, 0) is 70.3 Å². The summed E-state index contributed by atoms with van der Waals surface area (Å²) in [7, 11) is 0. The van der Waals surface area contributed by atoms with Gasteiger partial charge >= 0.3 is 0 Å². The summed E-state index contributed by atoms with van der Waals surface area (Å²) in [5.74, 6) is 0.603. The van der Waals surface area contributed by atoms with Crippen molar-refractivity contribution >= 4 is 16.8 Å². The number of aryl methyl sites for hydroxylation is 2. The molecule has 3 aromatic rings. The van der Waals surface area contributed by atoms with Crippen LogP contribution in [-0.4, -0.2) is 0 Å². The third-order valence-electron chi connectivity index (χ3n) is 5.20. The van der Waals surface area contributed by atoms with Crippen LogP contribution >= 0.6 is 0 Å². The van der Waals surface area contributed by atoms with Crippen LogP contribution in [0, 0.1) is 13.8 Å². The number of hydrogen-bond donors (Lipinski definition) is 0. The number of allylic oxidation sites excluding steroid dienone is 1. The quantitative estimate of drug-likeness (QED) is 0.472. The van der Waals surface area contributed by atoms with Crippen molar-refractivity contribution in [2.75, 3.05) is 0 Å². The third kappa shape index (κ3) is 2.21. The van der Waals surface area contributed by atoms with Crippen LogP contribution in [0.1, 0.15) is 41.5 Å². The molecule has 0 radical (unpaired) electrons. The van der Waals surface area contributed by atoms with E-state index < -0.39 is 0 Å². The molecular formula is C23H22. The fraction of sp³-hybridized carbons (Fsp3) is 0.217. The topological polar surface area (TPSA) is 0 Å². The van der Waals surface area contributed by atoms with Gasteiger partial charge < -0.3 is 0 Å². The first kappa shape index (κ1) is 14.3. The molecule has 0 bridgehead atoms. The second-order valence-electron chi connectivity index (χ2n) is 6.77. The Hall–Kier alpha value is -2.34. The zero-order chi connectivity index (χ0) is 16.0. The summed E-state index contributed by atoms with van der Waals surface area (Å²) in [6.07, 6.45) is 5.80. The van der Waals surface area contributed by atoms with Crippen LogP contribution < -0.4 is 0 Å². The van der Waals surface area contributed by atoms with E-state index in [0.717, 1.165) is 6.42 Å². The van der Waals surface area contributed by atoms with Gasteiger partial charge in [0.25, 0.3) is 0 Å². The van der Waals surface area contributed by atoms with Crippen molar-refractivity contribution in [2.45, 2.75) is 33.1 Å². The highest BCUT2D eigenvalue weighted by Crippen LogP contribution is 2.40. The van der Waals surface area contributed by atoms with Crippen LogP contribution in [0.25, 0.3) is 28.0 Å². The van der Waals surface area contributed by atoms with Crippen molar-refractivity contribution in [3.05, 3.63) is 76.9 Å². The summed E-state index contributed by atoms with van der Waals surface area (Å²) in [6, 6.07) is 17.9. The minimum absolute atomic E-state index is 0.603. The molecule has 0 fully saturated rings. The molecule has 1 aliphatic rings. The van der Waals surface area contributed by atoms with Crippen molar-refractivity contribution in [1.82, 2.24) is 0 Å². The van der Waals surface area contributed by atoms with Gasteiger partial charge in [0, 0.05) is 0 Å². The molecule has 0 N–H and O–H groups in total. The molecule has 0 amide bonds. The van der Waals surface area contributed by atoms with Crippen molar-refractivity contribution in [1.29, 1.82) is 0 Å². The van der Waals surface area contributed by atoms with E-state index >= 15 is 0 Å². The van der Waals surface area contributed by atoms with E-state index in [1.54, 1.807) is 0 Å². The lowest BCUT2D eigenvalue weighted by Gasteiger charge is -2.24. The van der Waals surface area contributed by atoms with Crippen molar-refractivity contribution in [3.8, 4) is 11.1 Å². The number of fused-ring (bicyclic) bond motifs is 2. The van der Waals surface area contributed by atoms with Gasteiger partial charge in [0.2, 0.25) is 0 Å². The molecule has 3 aromatic carbocycles. The van der Waals surface area contributed by atoms with Crippen LogP contribution in [-0.2, 0) is 0 Å².